The summed E-state index contributed by atoms with van der Waals surface area (Å²) >= 11 is 0. The topological polar surface area (TPSA) is 78.8 Å². The number of aromatic carboxylic acids is 1. The van der Waals surface area contributed by atoms with Crippen LogP contribution in [0.15, 0.2) is 24.3 Å². The van der Waals surface area contributed by atoms with Crippen molar-refractivity contribution in [3.05, 3.63) is 35.4 Å². The minimum atomic E-state index is -2.29. The summed E-state index contributed by atoms with van der Waals surface area (Å²) in [5.74, 6) is -1.54. The molecule has 5 nitrogen and oxygen atoms in total. The number of ether oxygens (including phenoxy) is 1. The molecule has 3 N–H and O–H groups in total. The summed E-state index contributed by atoms with van der Waals surface area (Å²) in [6.07, 6.45) is -0.396. The number of alkyl halides is 2. The summed E-state index contributed by atoms with van der Waals surface area (Å²) < 4.78 is 31.5. The molecule has 1 aromatic carbocycles. The predicted octanol–water partition coefficient (Wildman–Crippen LogP) is 2.68. The third kappa shape index (κ3) is 5.73. The lowest BCUT2D eigenvalue weighted by Crippen LogP contribution is -2.47. The summed E-state index contributed by atoms with van der Waals surface area (Å²) in [5, 5.41) is 21.2. The summed E-state index contributed by atoms with van der Waals surface area (Å²) in [5.41, 5.74) is 0.634. The molecule has 0 unspecified atom stereocenters. The minimum Gasteiger partial charge on any atom is -0.478 e. The SMILES string of the molecule is O=C(O)c1ccc(CNCC2(OCCO)CCC(C(F)F)CC2)cc1. The molecule has 0 aliphatic heterocycles. The van der Waals surface area contributed by atoms with Crippen LogP contribution in [0.1, 0.15) is 41.6 Å². The van der Waals surface area contributed by atoms with Gasteiger partial charge in [-0.25, -0.2) is 13.6 Å². The van der Waals surface area contributed by atoms with Crippen molar-refractivity contribution in [2.45, 2.75) is 44.3 Å². The van der Waals surface area contributed by atoms with E-state index in [0.29, 0.717) is 38.8 Å². The molecule has 0 atom stereocenters. The van der Waals surface area contributed by atoms with Crippen molar-refractivity contribution in [1.82, 2.24) is 5.32 Å². The number of benzene rings is 1. The van der Waals surface area contributed by atoms with Gasteiger partial charge in [-0.15, -0.1) is 0 Å². The van der Waals surface area contributed by atoms with E-state index < -0.39 is 23.9 Å². The van der Waals surface area contributed by atoms with Gasteiger partial charge in [-0.2, -0.15) is 0 Å². The number of rotatable bonds is 9. The van der Waals surface area contributed by atoms with E-state index in [-0.39, 0.29) is 18.8 Å². The van der Waals surface area contributed by atoms with E-state index in [9.17, 15) is 13.6 Å². The zero-order valence-corrected chi connectivity index (χ0v) is 14.1. The van der Waals surface area contributed by atoms with Crippen LogP contribution in [-0.4, -0.2) is 48.0 Å². The molecule has 0 spiro atoms. The fraction of sp³-hybridized carbons (Fsp3) is 0.611. The molecule has 1 fully saturated rings. The van der Waals surface area contributed by atoms with Crippen LogP contribution in [0.2, 0.25) is 0 Å². The smallest absolute Gasteiger partial charge is 0.335 e. The van der Waals surface area contributed by atoms with Crippen LogP contribution in [0.5, 0.6) is 0 Å². The predicted molar refractivity (Wildman–Crippen MR) is 88.8 cm³/mol. The van der Waals surface area contributed by atoms with Gasteiger partial charge in [-0.05, 0) is 43.4 Å². The first kappa shape index (κ1) is 19.8. The molecule has 140 valence electrons. The molecule has 1 saturated carbocycles. The van der Waals surface area contributed by atoms with Crippen LogP contribution in [0.4, 0.5) is 8.78 Å². The number of aliphatic hydroxyl groups is 1. The van der Waals surface area contributed by atoms with Gasteiger partial charge < -0.3 is 20.3 Å². The van der Waals surface area contributed by atoms with Crippen molar-refractivity contribution in [3.8, 4) is 0 Å². The van der Waals surface area contributed by atoms with Crippen LogP contribution >= 0.6 is 0 Å². The second-order valence-corrected chi connectivity index (χ2v) is 6.53. The number of hydrogen-bond donors (Lipinski definition) is 3. The minimum absolute atomic E-state index is 0.101. The van der Waals surface area contributed by atoms with Crippen LogP contribution in [0.3, 0.4) is 0 Å². The quantitative estimate of drug-likeness (QED) is 0.633. The van der Waals surface area contributed by atoms with E-state index in [1.54, 1.807) is 24.3 Å². The molecule has 2 rings (SSSR count). The molecule has 1 aliphatic rings. The van der Waals surface area contributed by atoms with Crippen molar-refractivity contribution >= 4 is 5.97 Å². The fourth-order valence-corrected chi connectivity index (χ4v) is 3.25. The maximum Gasteiger partial charge on any atom is 0.335 e. The lowest BCUT2D eigenvalue weighted by Gasteiger charge is -2.40. The summed E-state index contributed by atoms with van der Waals surface area (Å²) in [4.78, 5) is 10.8. The molecule has 0 amide bonds. The number of carbonyl (C=O) groups is 1. The number of hydrogen-bond acceptors (Lipinski definition) is 4. The molecule has 1 aromatic rings. The molecule has 0 bridgehead atoms. The standard InChI is InChI=1S/C18H25F2NO4/c19-16(20)14-5-7-18(8-6-14,25-10-9-22)12-21-11-13-1-3-15(4-2-13)17(23)24/h1-4,14,16,21-22H,5-12H2,(H,23,24). The second-order valence-electron chi connectivity index (χ2n) is 6.53. The van der Waals surface area contributed by atoms with Crippen LogP contribution in [0.25, 0.3) is 0 Å². The van der Waals surface area contributed by atoms with Gasteiger partial charge in [0.05, 0.1) is 24.4 Å². The highest BCUT2D eigenvalue weighted by molar-refractivity contribution is 5.87. The lowest BCUT2D eigenvalue weighted by molar-refractivity contribution is -0.0976. The Labute approximate surface area is 146 Å². The number of aliphatic hydroxyl groups excluding tert-OH is 1. The molecule has 25 heavy (non-hydrogen) atoms. The molecular formula is C18H25F2NO4. The molecule has 7 heteroatoms. The molecular weight excluding hydrogens is 332 g/mol. The molecule has 0 heterocycles. The maximum absolute atomic E-state index is 12.8. The average Bonchev–Trinajstić information content (AvgIpc) is 2.61. The van der Waals surface area contributed by atoms with Gasteiger partial charge in [0, 0.05) is 19.0 Å². The monoisotopic (exact) mass is 357 g/mol. The summed E-state index contributed by atoms with van der Waals surface area (Å²) in [6.45, 7) is 1.12. The highest BCUT2D eigenvalue weighted by Gasteiger charge is 2.38. The maximum atomic E-state index is 12.8. The van der Waals surface area contributed by atoms with Gasteiger partial charge in [0.15, 0.2) is 0 Å². The Morgan fingerprint density at radius 2 is 1.92 bits per heavy atom. The lowest BCUT2D eigenvalue weighted by atomic mass is 9.78. The molecule has 0 saturated heterocycles. The molecule has 0 aromatic heterocycles. The third-order valence-electron chi connectivity index (χ3n) is 4.77. The van der Waals surface area contributed by atoms with Crippen molar-refractivity contribution in [1.29, 1.82) is 0 Å². The highest BCUT2D eigenvalue weighted by atomic mass is 19.3. The van der Waals surface area contributed by atoms with Crippen LogP contribution in [0, 0.1) is 5.92 Å². The largest absolute Gasteiger partial charge is 0.478 e. The Morgan fingerprint density at radius 3 is 2.44 bits per heavy atom. The first-order valence-electron chi connectivity index (χ1n) is 8.52. The van der Waals surface area contributed by atoms with E-state index in [1.807, 2.05) is 0 Å². The number of carboxylic acid groups (broad SMARTS) is 1. The summed E-state index contributed by atoms with van der Waals surface area (Å²) in [7, 11) is 0. The van der Waals surface area contributed by atoms with Crippen LogP contribution in [-0.2, 0) is 11.3 Å². The van der Waals surface area contributed by atoms with Crippen molar-refractivity contribution in [2.24, 2.45) is 5.92 Å². The van der Waals surface area contributed by atoms with E-state index in [2.05, 4.69) is 5.32 Å². The van der Waals surface area contributed by atoms with Gasteiger partial charge in [0.25, 0.3) is 0 Å². The Balaban J connectivity index is 1.88. The van der Waals surface area contributed by atoms with Gasteiger partial charge >= 0.3 is 5.97 Å². The zero-order valence-electron chi connectivity index (χ0n) is 14.1. The third-order valence-corrected chi connectivity index (χ3v) is 4.77. The number of nitrogens with one attached hydrogen (secondary N) is 1. The normalized spacial score (nSPS) is 23.8. The Bertz CT molecular complexity index is 543. The molecule has 1 aliphatic carbocycles. The fourth-order valence-electron chi connectivity index (χ4n) is 3.25. The van der Waals surface area contributed by atoms with Crippen molar-refractivity contribution < 1.29 is 28.5 Å². The van der Waals surface area contributed by atoms with Gasteiger partial charge in [0.2, 0.25) is 6.43 Å². The van der Waals surface area contributed by atoms with E-state index in [0.717, 1.165) is 5.56 Å². The molecule has 0 radical (unpaired) electrons. The van der Waals surface area contributed by atoms with E-state index >= 15 is 0 Å². The van der Waals surface area contributed by atoms with E-state index in [4.69, 9.17) is 14.9 Å². The van der Waals surface area contributed by atoms with Crippen LogP contribution < -0.4 is 5.32 Å². The second kappa shape index (κ2) is 9.22. The van der Waals surface area contributed by atoms with Gasteiger partial charge in [0.1, 0.15) is 0 Å². The van der Waals surface area contributed by atoms with E-state index in [1.165, 1.54) is 0 Å². The summed E-state index contributed by atoms with van der Waals surface area (Å²) in [6, 6.07) is 6.58. The Hall–Kier alpha value is -1.57. The zero-order chi connectivity index (χ0) is 18.3. The van der Waals surface area contributed by atoms with Crippen molar-refractivity contribution in [2.75, 3.05) is 19.8 Å². The Kier molecular flexibility index (Phi) is 7.28. The Morgan fingerprint density at radius 1 is 1.28 bits per heavy atom. The first-order valence-corrected chi connectivity index (χ1v) is 8.52. The first-order chi connectivity index (χ1) is 12.0. The average molecular weight is 357 g/mol. The highest BCUT2D eigenvalue weighted by Crippen LogP contribution is 2.37. The number of carboxylic acids is 1. The van der Waals surface area contributed by atoms with Crippen molar-refractivity contribution in [3.63, 3.8) is 0 Å². The number of halogens is 2. The van der Waals surface area contributed by atoms with Gasteiger partial charge in [-0.3, -0.25) is 0 Å². The van der Waals surface area contributed by atoms with Gasteiger partial charge in [-0.1, -0.05) is 12.1 Å².